The van der Waals surface area contributed by atoms with E-state index < -0.39 is 0 Å². The topological polar surface area (TPSA) is 29.5 Å². The lowest BCUT2D eigenvalue weighted by Crippen LogP contribution is -2.37. The molecule has 18 heavy (non-hydrogen) atoms. The Morgan fingerprint density at radius 1 is 1.17 bits per heavy atom. The molecule has 0 aliphatic carbocycles. The van der Waals surface area contributed by atoms with E-state index in [0.717, 1.165) is 44.8 Å². The molecule has 0 amide bonds. The van der Waals surface area contributed by atoms with Gasteiger partial charge in [0.15, 0.2) is 0 Å². The largest absolute Gasteiger partial charge is 0.379 e. The second-order valence-electron chi connectivity index (χ2n) is 4.90. The second-order valence-corrected chi connectivity index (χ2v) is 4.90. The lowest BCUT2D eigenvalue weighted by molar-refractivity contribution is -0.116. The Hall–Kier alpha value is -1.19. The van der Waals surface area contributed by atoms with Crippen LogP contribution in [0.3, 0.4) is 0 Å². The van der Waals surface area contributed by atoms with Gasteiger partial charge in [-0.3, -0.25) is 9.69 Å². The molecule has 1 aliphatic rings. The lowest BCUT2D eigenvalue weighted by Gasteiger charge is -2.26. The summed E-state index contributed by atoms with van der Waals surface area (Å²) in [6.07, 6.45) is 1.62. The number of Topliss-reactive ketones (excluding diaryl/α,β-unsaturated/α-hetero) is 1. The van der Waals surface area contributed by atoms with Gasteiger partial charge in [-0.05, 0) is 24.5 Å². The van der Waals surface area contributed by atoms with Gasteiger partial charge < -0.3 is 4.74 Å². The van der Waals surface area contributed by atoms with E-state index >= 15 is 0 Å². The highest BCUT2D eigenvalue weighted by Gasteiger charge is 2.09. The molecule has 1 fully saturated rings. The number of hydrogen-bond acceptors (Lipinski definition) is 3. The molecule has 1 aromatic rings. The van der Waals surface area contributed by atoms with Crippen LogP contribution in [0.2, 0.25) is 0 Å². The molecule has 1 heterocycles. The number of ketones is 1. The Bertz CT molecular complexity index is 380. The van der Waals surface area contributed by atoms with Gasteiger partial charge in [-0.1, -0.05) is 24.3 Å². The number of benzene rings is 1. The SMILES string of the molecule is CC(=O)Cc1ccc(CCN2CCOCC2)cc1. The summed E-state index contributed by atoms with van der Waals surface area (Å²) in [5, 5.41) is 0. The normalized spacial score (nSPS) is 16.7. The Kier molecular flexibility index (Phi) is 4.90. The van der Waals surface area contributed by atoms with E-state index in [-0.39, 0.29) is 5.78 Å². The van der Waals surface area contributed by atoms with Gasteiger partial charge in [-0.15, -0.1) is 0 Å². The summed E-state index contributed by atoms with van der Waals surface area (Å²) in [4.78, 5) is 13.4. The molecule has 3 heteroatoms. The van der Waals surface area contributed by atoms with Crippen LogP contribution in [-0.2, 0) is 22.4 Å². The molecule has 1 aromatic carbocycles. The molecule has 3 nitrogen and oxygen atoms in total. The van der Waals surface area contributed by atoms with Crippen molar-refractivity contribution in [1.82, 2.24) is 4.90 Å². The van der Waals surface area contributed by atoms with Gasteiger partial charge in [0.2, 0.25) is 0 Å². The van der Waals surface area contributed by atoms with Crippen molar-refractivity contribution in [3.8, 4) is 0 Å². The maximum absolute atomic E-state index is 11.0. The monoisotopic (exact) mass is 247 g/mol. The number of ether oxygens (including phenoxy) is 1. The molecule has 0 aromatic heterocycles. The van der Waals surface area contributed by atoms with E-state index in [2.05, 4.69) is 29.2 Å². The van der Waals surface area contributed by atoms with Crippen LogP contribution in [-0.4, -0.2) is 43.5 Å². The van der Waals surface area contributed by atoms with Crippen LogP contribution >= 0.6 is 0 Å². The van der Waals surface area contributed by atoms with Crippen LogP contribution in [0.15, 0.2) is 24.3 Å². The fourth-order valence-electron chi connectivity index (χ4n) is 2.22. The average molecular weight is 247 g/mol. The first-order chi connectivity index (χ1) is 8.74. The maximum Gasteiger partial charge on any atom is 0.134 e. The van der Waals surface area contributed by atoms with Crippen LogP contribution in [0.4, 0.5) is 0 Å². The summed E-state index contributed by atoms with van der Waals surface area (Å²) in [6.45, 7) is 6.53. The van der Waals surface area contributed by atoms with Crippen LogP contribution in [0.25, 0.3) is 0 Å². The first-order valence-corrected chi connectivity index (χ1v) is 6.61. The van der Waals surface area contributed by atoms with Gasteiger partial charge >= 0.3 is 0 Å². The molecule has 1 saturated heterocycles. The predicted molar refractivity (Wildman–Crippen MR) is 71.8 cm³/mol. The summed E-state index contributed by atoms with van der Waals surface area (Å²) in [5.41, 5.74) is 2.45. The van der Waals surface area contributed by atoms with Crippen LogP contribution in [0.5, 0.6) is 0 Å². The highest BCUT2D eigenvalue weighted by molar-refractivity contribution is 5.78. The van der Waals surface area contributed by atoms with Crippen molar-refractivity contribution in [2.75, 3.05) is 32.8 Å². The van der Waals surface area contributed by atoms with E-state index in [1.807, 2.05) is 0 Å². The molecule has 0 atom stereocenters. The Balaban J connectivity index is 1.80. The maximum atomic E-state index is 11.0. The predicted octanol–water partition coefficient (Wildman–Crippen LogP) is 1.69. The highest BCUT2D eigenvalue weighted by Crippen LogP contribution is 2.08. The van der Waals surface area contributed by atoms with Gasteiger partial charge in [0.05, 0.1) is 13.2 Å². The second kappa shape index (κ2) is 6.66. The third-order valence-corrected chi connectivity index (χ3v) is 3.30. The molecular formula is C15H21NO2. The van der Waals surface area contributed by atoms with Crippen molar-refractivity contribution in [2.45, 2.75) is 19.8 Å². The molecular weight excluding hydrogens is 226 g/mol. The molecule has 0 saturated carbocycles. The van der Waals surface area contributed by atoms with Crippen LogP contribution in [0, 0.1) is 0 Å². The van der Waals surface area contributed by atoms with E-state index in [9.17, 15) is 4.79 Å². The summed E-state index contributed by atoms with van der Waals surface area (Å²) in [6, 6.07) is 8.41. The van der Waals surface area contributed by atoms with Crippen LogP contribution < -0.4 is 0 Å². The van der Waals surface area contributed by atoms with E-state index in [1.54, 1.807) is 6.92 Å². The summed E-state index contributed by atoms with van der Waals surface area (Å²) in [7, 11) is 0. The fraction of sp³-hybridized carbons (Fsp3) is 0.533. The van der Waals surface area contributed by atoms with Crippen molar-refractivity contribution >= 4 is 5.78 Å². The van der Waals surface area contributed by atoms with Crippen molar-refractivity contribution in [2.24, 2.45) is 0 Å². The van der Waals surface area contributed by atoms with E-state index in [4.69, 9.17) is 4.74 Å². The smallest absolute Gasteiger partial charge is 0.134 e. The van der Waals surface area contributed by atoms with Crippen molar-refractivity contribution in [1.29, 1.82) is 0 Å². The number of nitrogens with zero attached hydrogens (tertiary/aromatic N) is 1. The van der Waals surface area contributed by atoms with Crippen molar-refractivity contribution in [3.63, 3.8) is 0 Å². The number of rotatable bonds is 5. The molecule has 2 rings (SSSR count). The summed E-state index contributed by atoms with van der Waals surface area (Å²) in [5.74, 6) is 0.219. The standard InChI is InChI=1S/C15H21NO2/c1-13(17)12-15-4-2-14(3-5-15)6-7-16-8-10-18-11-9-16/h2-5H,6-12H2,1H3. The third-order valence-electron chi connectivity index (χ3n) is 3.30. The quantitative estimate of drug-likeness (QED) is 0.793. The Labute approximate surface area is 109 Å². The zero-order valence-electron chi connectivity index (χ0n) is 11.0. The van der Waals surface area contributed by atoms with Gasteiger partial charge in [-0.25, -0.2) is 0 Å². The van der Waals surface area contributed by atoms with E-state index in [0.29, 0.717) is 6.42 Å². The molecule has 0 spiro atoms. The minimum atomic E-state index is 0.219. The van der Waals surface area contributed by atoms with Gasteiger partial charge in [-0.2, -0.15) is 0 Å². The zero-order valence-corrected chi connectivity index (χ0v) is 11.0. The summed E-state index contributed by atoms with van der Waals surface area (Å²) >= 11 is 0. The zero-order chi connectivity index (χ0) is 12.8. The number of morpholine rings is 1. The van der Waals surface area contributed by atoms with Crippen LogP contribution in [0.1, 0.15) is 18.1 Å². The number of hydrogen-bond donors (Lipinski definition) is 0. The van der Waals surface area contributed by atoms with Gasteiger partial charge in [0.1, 0.15) is 5.78 Å². The van der Waals surface area contributed by atoms with Crippen molar-refractivity contribution < 1.29 is 9.53 Å². The molecule has 0 unspecified atom stereocenters. The van der Waals surface area contributed by atoms with E-state index in [1.165, 1.54) is 5.56 Å². The molecule has 0 bridgehead atoms. The number of carbonyl (C=O) groups is 1. The molecule has 1 aliphatic heterocycles. The molecule has 0 radical (unpaired) electrons. The van der Waals surface area contributed by atoms with Crippen molar-refractivity contribution in [3.05, 3.63) is 35.4 Å². The van der Waals surface area contributed by atoms with Gasteiger partial charge in [0.25, 0.3) is 0 Å². The third kappa shape index (κ3) is 4.24. The average Bonchev–Trinajstić information content (AvgIpc) is 2.38. The first-order valence-electron chi connectivity index (χ1n) is 6.61. The number of carbonyl (C=O) groups excluding carboxylic acids is 1. The summed E-state index contributed by atoms with van der Waals surface area (Å²) < 4.78 is 5.33. The van der Waals surface area contributed by atoms with Gasteiger partial charge in [0, 0.05) is 26.1 Å². The Morgan fingerprint density at radius 2 is 1.78 bits per heavy atom. The molecule has 98 valence electrons. The highest BCUT2D eigenvalue weighted by atomic mass is 16.5. The minimum absolute atomic E-state index is 0.219. The Morgan fingerprint density at radius 3 is 2.39 bits per heavy atom. The minimum Gasteiger partial charge on any atom is -0.379 e. The lowest BCUT2D eigenvalue weighted by atomic mass is 10.1. The first kappa shape index (κ1) is 13.2. The fourth-order valence-corrected chi connectivity index (χ4v) is 2.22. The molecule has 0 N–H and O–H groups in total.